The molecule has 0 fully saturated rings. The van der Waals surface area contributed by atoms with Crippen molar-refractivity contribution in [3.05, 3.63) is 48.5 Å². The average molecular weight is 238 g/mol. The van der Waals surface area contributed by atoms with Crippen LogP contribution in [0.3, 0.4) is 0 Å². The van der Waals surface area contributed by atoms with Gasteiger partial charge in [-0.2, -0.15) is 0 Å². The van der Waals surface area contributed by atoms with Crippen molar-refractivity contribution in [1.82, 2.24) is 19.9 Å². The first-order chi connectivity index (χ1) is 8.84. The normalized spacial score (nSPS) is 11.9. The van der Waals surface area contributed by atoms with E-state index in [0.717, 1.165) is 0 Å². The van der Waals surface area contributed by atoms with Gasteiger partial charge in [0.2, 0.25) is 0 Å². The van der Waals surface area contributed by atoms with Gasteiger partial charge in [0.05, 0.1) is 6.33 Å². The van der Waals surface area contributed by atoms with Crippen LogP contribution >= 0.6 is 0 Å². The van der Waals surface area contributed by atoms with E-state index in [0.29, 0.717) is 22.5 Å². The van der Waals surface area contributed by atoms with Crippen LogP contribution in [0.15, 0.2) is 48.0 Å². The summed E-state index contributed by atoms with van der Waals surface area (Å²) in [5.74, 6) is -0.0449. The zero-order chi connectivity index (χ0) is 12.4. The molecule has 0 bridgehead atoms. The van der Waals surface area contributed by atoms with Crippen LogP contribution in [0.4, 0.5) is 5.82 Å². The molecule has 0 radical (unpaired) electrons. The second kappa shape index (κ2) is 4.25. The number of rotatable bonds is 2. The molecule has 3 rings (SSSR count). The molecule has 0 spiro atoms. The first-order valence-corrected chi connectivity index (χ1v) is 5.30. The number of aromatic amines is 1. The standard InChI is InChI=1S/C12H9N5O/c18-12(8-4-2-1-3-5-8)17-11-9-10(14-6-13-9)15-7-16-11/h1-7H,(H2,13,14,15,16,17,18)/p-1. The van der Waals surface area contributed by atoms with E-state index in [-0.39, 0.29) is 5.90 Å². The third-order valence-electron chi connectivity index (χ3n) is 2.43. The van der Waals surface area contributed by atoms with Gasteiger partial charge in [-0.05, 0) is 11.5 Å². The molecule has 2 heterocycles. The van der Waals surface area contributed by atoms with E-state index in [1.807, 2.05) is 6.07 Å². The van der Waals surface area contributed by atoms with Gasteiger partial charge in [0, 0.05) is 0 Å². The molecular formula is C12H8N5O-. The fraction of sp³-hybridized carbons (Fsp3) is 0. The fourth-order valence-corrected chi connectivity index (χ4v) is 1.58. The van der Waals surface area contributed by atoms with E-state index >= 15 is 0 Å². The van der Waals surface area contributed by atoms with Gasteiger partial charge in [0.15, 0.2) is 11.5 Å². The smallest absolute Gasteiger partial charge is 0.182 e. The number of fused-ring (bicyclic) bond motifs is 1. The lowest BCUT2D eigenvalue weighted by Gasteiger charge is -2.09. The van der Waals surface area contributed by atoms with Crippen LogP contribution in [0.25, 0.3) is 11.2 Å². The molecular weight excluding hydrogens is 230 g/mol. The van der Waals surface area contributed by atoms with Crippen molar-refractivity contribution in [2.75, 3.05) is 0 Å². The Morgan fingerprint density at radius 1 is 1.11 bits per heavy atom. The maximum atomic E-state index is 11.9. The molecule has 2 aromatic heterocycles. The Morgan fingerprint density at radius 2 is 1.94 bits per heavy atom. The molecule has 0 saturated carbocycles. The summed E-state index contributed by atoms with van der Waals surface area (Å²) in [5, 5.41) is 11.9. The van der Waals surface area contributed by atoms with Crippen molar-refractivity contribution in [3.63, 3.8) is 0 Å². The van der Waals surface area contributed by atoms with Crippen molar-refractivity contribution in [3.8, 4) is 0 Å². The van der Waals surface area contributed by atoms with E-state index in [4.69, 9.17) is 0 Å². The molecule has 0 unspecified atom stereocenters. The van der Waals surface area contributed by atoms with Gasteiger partial charge in [-0.3, -0.25) is 0 Å². The highest BCUT2D eigenvalue weighted by atomic mass is 16.3. The average Bonchev–Trinajstić information content (AvgIpc) is 2.89. The van der Waals surface area contributed by atoms with Crippen molar-refractivity contribution in [2.24, 2.45) is 4.99 Å². The van der Waals surface area contributed by atoms with Crippen molar-refractivity contribution in [2.45, 2.75) is 0 Å². The monoisotopic (exact) mass is 238 g/mol. The largest absolute Gasteiger partial charge is 0.858 e. The summed E-state index contributed by atoms with van der Waals surface area (Å²) in [6.45, 7) is 0. The number of imidazole rings is 1. The number of benzene rings is 1. The van der Waals surface area contributed by atoms with Crippen LogP contribution in [0.2, 0.25) is 0 Å². The molecule has 0 saturated heterocycles. The molecule has 1 N–H and O–H groups in total. The summed E-state index contributed by atoms with van der Waals surface area (Å²) in [4.78, 5) is 18.7. The first kappa shape index (κ1) is 10.4. The van der Waals surface area contributed by atoms with Crippen LogP contribution in [0, 0.1) is 0 Å². The third kappa shape index (κ3) is 1.80. The maximum absolute atomic E-state index is 11.9. The van der Waals surface area contributed by atoms with Crippen LogP contribution in [-0.4, -0.2) is 25.8 Å². The van der Waals surface area contributed by atoms with Gasteiger partial charge < -0.3 is 10.1 Å². The first-order valence-electron chi connectivity index (χ1n) is 5.30. The number of nitrogens with one attached hydrogen (secondary N) is 1. The highest BCUT2D eigenvalue weighted by Gasteiger charge is 2.03. The van der Waals surface area contributed by atoms with Crippen molar-refractivity contribution >= 4 is 22.9 Å². The molecule has 0 aliphatic carbocycles. The van der Waals surface area contributed by atoms with Crippen LogP contribution in [-0.2, 0) is 0 Å². The van der Waals surface area contributed by atoms with E-state index in [1.165, 1.54) is 12.7 Å². The minimum absolute atomic E-state index is 0.298. The minimum Gasteiger partial charge on any atom is -0.858 e. The Morgan fingerprint density at radius 3 is 2.78 bits per heavy atom. The van der Waals surface area contributed by atoms with E-state index < -0.39 is 0 Å². The SMILES string of the molecule is [O-]C(=Nc1ncnc2nc[nH]c12)c1ccccc1. The summed E-state index contributed by atoms with van der Waals surface area (Å²) in [7, 11) is 0. The quantitative estimate of drug-likeness (QED) is 0.528. The van der Waals surface area contributed by atoms with Gasteiger partial charge in [-0.1, -0.05) is 30.3 Å². The number of hydrogen-bond donors (Lipinski definition) is 1. The predicted octanol–water partition coefficient (Wildman–Crippen LogP) is 0.791. The zero-order valence-electron chi connectivity index (χ0n) is 9.24. The lowest BCUT2D eigenvalue weighted by atomic mass is 10.2. The molecule has 6 nitrogen and oxygen atoms in total. The molecule has 0 amide bonds. The highest BCUT2D eigenvalue weighted by Crippen LogP contribution is 2.18. The summed E-state index contributed by atoms with van der Waals surface area (Å²) >= 11 is 0. The zero-order valence-corrected chi connectivity index (χ0v) is 9.24. The summed E-state index contributed by atoms with van der Waals surface area (Å²) in [6.07, 6.45) is 2.83. The Bertz CT molecular complexity index is 705. The lowest BCUT2D eigenvalue weighted by Crippen LogP contribution is -2.18. The third-order valence-corrected chi connectivity index (χ3v) is 2.43. The number of H-pyrrole nitrogens is 1. The van der Waals surface area contributed by atoms with E-state index in [2.05, 4.69) is 24.9 Å². The van der Waals surface area contributed by atoms with E-state index in [9.17, 15) is 5.11 Å². The molecule has 6 heteroatoms. The Hall–Kier alpha value is -2.76. The Kier molecular flexibility index (Phi) is 2.45. The number of nitrogens with zero attached hydrogens (tertiary/aromatic N) is 4. The highest BCUT2D eigenvalue weighted by molar-refractivity contribution is 5.94. The molecule has 88 valence electrons. The van der Waals surface area contributed by atoms with Crippen molar-refractivity contribution < 1.29 is 5.11 Å². The van der Waals surface area contributed by atoms with Crippen LogP contribution in [0.1, 0.15) is 5.56 Å². The molecule has 18 heavy (non-hydrogen) atoms. The lowest BCUT2D eigenvalue weighted by molar-refractivity contribution is -0.212. The number of hydrogen-bond acceptors (Lipinski definition) is 5. The molecule has 1 aromatic carbocycles. The van der Waals surface area contributed by atoms with Gasteiger partial charge in [0.1, 0.15) is 11.8 Å². The molecule has 0 aliphatic rings. The number of aliphatic imine (C=N–C) groups is 1. The second-order valence-electron chi connectivity index (χ2n) is 3.58. The Balaban J connectivity index is 2.08. The van der Waals surface area contributed by atoms with Crippen LogP contribution < -0.4 is 5.11 Å². The molecule has 0 atom stereocenters. The van der Waals surface area contributed by atoms with Gasteiger partial charge in [-0.15, -0.1) is 0 Å². The molecule has 3 aromatic rings. The van der Waals surface area contributed by atoms with Gasteiger partial charge in [-0.25, -0.2) is 19.9 Å². The van der Waals surface area contributed by atoms with Crippen LogP contribution in [0.5, 0.6) is 0 Å². The minimum atomic E-state index is -0.342. The summed E-state index contributed by atoms with van der Waals surface area (Å²) in [6, 6.07) is 8.83. The number of aromatic nitrogens is 4. The Labute approximate surface area is 102 Å². The summed E-state index contributed by atoms with van der Waals surface area (Å²) in [5.41, 5.74) is 1.56. The van der Waals surface area contributed by atoms with Crippen molar-refractivity contribution in [1.29, 1.82) is 0 Å². The summed E-state index contributed by atoms with van der Waals surface area (Å²) < 4.78 is 0. The second-order valence-corrected chi connectivity index (χ2v) is 3.58. The fourth-order valence-electron chi connectivity index (χ4n) is 1.58. The molecule has 0 aliphatic heterocycles. The topological polar surface area (TPSA) is 89.9 Å². The maximum Gasteiger partial charge on any atom is 0.182 e. The van der Waals surface area contributed by atoms with E-state index in [1.54, 1.807) is 24.3 Å². The predicted molar refractivity (Wildman–Crippen MR) is 64.3 cm³/mol. The van der Waals surface area contributed by atoms with Gasteiger partial charge >= 0.3 is 0 Å². The van der Waals surface area contributed by atoms with Gasteiger partial charge in [0.25, 0.3) is 0 Å².